The normalized spacial score (nSPS) is 23.8. The van der Waals surface area contributed by atoms with Crippen molar-refractivity contribution in [2.45, 2.75) is 58.9 Å². The number of thiophene rings is 1. The molecule has 2 rings (SSSR count). The van der Waals surface area contributed by atoms with E-state index in [1.807, 2.05) is 11.3 Å². The van der Waals surface area contributed by atoms with E-state index in [4.69, 9.17) is 0 Å². The fraction of sp³-hybridized carbons (Fsp3) is 0.706. The molecule has 1 aromatic heterocycles. The third-order valence-corrected chi connectivity index (χ3v) is 5.39. The van der Waals surface area contributed by atoms with Gasteiger partial charge in [-0.2, -0.15) is 0 Å². The van der Waals surface area contributed by atoms with Crippen LogP contribution in [0.2, 0.25) is 0 Å². The van der Waals surface area contributed by atoms with Crippen molar-refractivity contribution in [3.63, 3.8) is 0 Å². The SMILES string of the molecule is CCCC1(C(=O)NC(C)Cc2ccc(C)s2)CCCNC1. The Labute approximate surface area is 132 Å². The first kappa shape index (κ1) is 16.5. The van der Waals surface area contributed by atoms with E-state index in [1.54, 1.807) is 0 Å². The maximum absolute atomic E-state index is 12.8. The van der Waals surface area contributed by atoms with E-state index in [-0.39, 0.29) is 17.4 Å². The summed E-state index contributed by atoms with van der Waals surface area (Å²) in [6.45, 7) is 8.28. The number of carbonyl (C=O) groups excluding carboxylic acids is 1. The highest BCUT2D eigenvalue weighted by molar-refractivity contribution is 7.11. The van der Waals surface area contributed by atoms with Gasteiger partial charge in [0.15, 0.2) is 0 Å². The molecular formula is C17H28N2OS. The Hall–Kier alpha value is -0.870. The van der Waals surface area contributed by atoms with Gasteiger partial charge in [-0.15, -0.1) is 11.3 Å². The molecule has 0 radical (unpaired) electrons. The number of hydrogen-bond donors (Lipinski definition) is 2. The summed E-state index contributed by atoms with van der Waals surface area (Å²) in [6, 6.07) is 4.52. The summed E-state index contributed by atoms with van der Waals surface area (Å²) in [4.78, 5) is 15.5. The highest BCUT2D eigenvalue weighted by Crippen LogP contribution is 2.32. The third-order valence-electron chi connectivity index (χ3n) is 4.36. The Balaban J connectivity index is 1.94. The number of aryl methyl sites for hydroxylation is 1. The zero-order chi connectivity index (χ0) is 15.3. The number of hydrogen-bond acceptors (Lipinski definition) is 3. The van der Waals surface area contributed by atoms with Crippen LogP contribution in [0, 0.1) is 12.3 Å². The Morgan fingerprint density at radius 3 is 2.90 bits per heavy atom. The summed E-state index contributed by atoms with van der Waals surface area (Å²) in [5.74, 6) is 0.248. The van der Waals surface area contributed by atoms with Crippen molar-refractivity contribution in [2.24, 2.45) is 5.41 Å². The van der Waals surface area contributed by atoms with E-state index < -0.39 is 0 Å². The quantitative estimate of drug-likeness (QED) is 0.847. The fourth-order valence-corrected chi connectivity index (χ4v) is 4.31. The van der Waals surface area contributed by atoms with Crippen LogP contribution in [-0.4, -0.2) is 25.0 Å². The van der Waals surface area contributed by atoms with Gasteiger partial charge >= 0.3 is 0 Å². The Morgan fingerprint density at radius 2 is 2.33 bits per heavy atom. The molecule has 1 amide bonds. The van der Waals surface area contributed by atoms with Crippen molar-refractivity contribution in [1.82, 2.24) is 10.6 Å². The average Bonchev–Trinajstić information content (AvgIpc) is 2.85. The molecular weight excluding hydrogens is 280 g/mol. The highest BCUT2D eigenvalue weighted by atomic mass is 32.1. The minimum atomic E-state index is -0.188. The third kappa shape index (κ3) is 4.30. The lowest BCUT2D eigenvalue weighted by molar-refractivity contribution is -0.133. The second-order valence-corrected chi connectivity index (χ2v) is 7.77. The minimum absolute atomic E-state index is 0.188. The maximum Gasteiger partial charge on any atom is 0.227 e. The van der Waals surface area contributed by atoms with Gasteiger partial charge in [0.25, 0.3) is 0 Å². The zero-order valence-corrected chi connectivity index (χ0v) is 14.3. The van der Waals surface area contributed by atoms with Gasteiger partial charge < -0.3 is 10.6 Å². The lowest BCUT2D eigenvalue weighted by Gasteiger charge is -2.37. The molecule has 0 spiro atoms. The Bertz CT molecular complexity index is 458. The van der Waals surface area contributed by atoms with Gasteiger partial charge in [-0.1, -0.05) is 13.3 Å². The van der Waals surface area contributed by atoms with Gasteiger partial charge in [0.1, 0.15) is 0 Å². The van der Waals surface area contributed by atoms with Crippen LogP contribution in [0.25, 0.3) is 0 Å². The van der Waals surface area contributed by atoms with Crippen molar-refractivity contribution in [1.29, 1.82) is 0 Å². The molecule has 2 unspecified atom stereocenters. The van der Waals surface area contributed by atoms with E-state index in [0.29, 0.717) is 0 Å². The molecule has 118 valence electrons. The molecule has 1 aromatic rings. The highest BCUT2D eigenvalue weighted by Gasteiger charge is 2.38. The summed E-state index contributed by atoms with van der Waals surface area (Å²) in [5, 5.41) is 6.67. The van der Waals surface area contributed by atoms with Crippen LogP contribution in [0.15, 0.2) is 12.1 Å². The Kier molecular flexibility index (Phi) is 5.82. The van der Waals surface area contributed by atoms with Crippen LogP contribution in [0.4, 0.5) is 0 Å². The summed E-state index contributed by atoms with van der Waals surface area (Å²) in [6.07, 6.45) is 5.10. The molecule has 2 heterocycles. The molecule has 2 atom stereocenters. The van der Waals surface area contributed by atoms with Crippen LogP contribution in [0.1, 0.15) is 49.3 Å². The van der Waals surface area contributed by atoms with Crippen LogP contribution in [0.5, 0.6) is 0 Å². The molecule has 1 fully saturated rings. The lowest BCUT2D eigenvalue weighted by Crippen LogP contribution is -2.52. The van der Waals surface area contributed by atoms with Gasteiger partial charge in [-0.25, -0.2) is 0 Å². The number of carbonyl (C=O) groups is 1. The molecule has 0 saturated carbocycles. The smallest absolute Gasteiger partial charge is 0.227 e. The largest absolute Gasteiger partial charge is 0.353 e. The predicted octanol–water partition coefficient (Wildman–Crippen LogP) is 3.27. The molecule has 0 bridgehead atoms. The van der Waals surface area contributed by atoms with Crippen molar-refractivity contribution >= 4 is 17.2 Å². The molecule has 21 heavy (non-hydrogen) atoms. The van der Waals surface area contributed by atoms with Crippen LogP contribution in [-0.2, 0) is 11.2 Å². The molecule has 3 nitrogen and oxygen atoms in total. The van der Waals surface area contributed by atoms with Crippen molar-refractivity contribution in [2.75, 3.05) is 13.1 Å². The van der Waals surface area contributed by atoms with E-state index in [1.165, 1.54) is 9.75 Å². The van der Waals surface area contributed by atoms with Gasteiger partial charge in [-0.3, -0.25) is 4.79 Å². The van der Waals surface area contributed by atoms with Crippen molar-refractivity contribution in [3.8, 4) is 0 Å². The average molecular weight is 308 g/mol. The van der Waals surface area contributed by atoms with E-state index in [0.717, 1.165) is 45.2 Å². The van der Waals surface area contributed by atoms with E-state index in [2.05, 4.69) is 43.5 Å². The summed E-state index contributed by atoms with van der Waals surface area (Å²) in [5.41, 5.74) is -0.188. The standard InChI is InChI=1S/C17H28N2OS/c1-4-8-17(9-5-10-18-12-17)16(20)19-13(2)11-15-7-6-14(3)21-15/h6-7,13,18H,4-5,8-12H2,1-3H3,(H,19,20). The first-order valence-electron chi connectivity index (χ1n) is 8.13. The predicted molar refractivity (Wildman–Crippen MR) is 89.8 cm³/mol. The molecule has 2 N–H and O–H groups in total. The molecule has 1 aliphatic heterocycles. The molecule has 0 aromatic carbocycles. The summed E-state index contributed by atoms with van der Waals surface area (Å²) >= 11 is 1.82. The number of rotatable bonds is 6. The molecule has 4 heteroatoms. The Morgan fingerprint density at radius 1 is 1.52 bits per heavy atom. The minimum Gasteiger partial charge on any atom is -0.353 e. The fourth-order valence-electron chi connectivity index (χ4n) is 3.29. The first-order chi connectivity index (χ1) is 10.1. The van der Waals surface area contributed by atoms with Crippen LogP contribution in [0.3, 0.4) is 0 Å². The molecule has 1 aliphatic rings. The number of amides is 1. The molecule has 1 saturated heterocycles. The maximum atomic E-state index is 12.8. The second-order valence-electron chi connectivity index (χ2n) is 6.40. The van der Waals surface area contributed by atoms with Gasteiger partial charge in [-0.05, 0) is 51.8 Å². The van der Waals surface area contributed by atoms with Gasteiger partial charge in [0, 0.05) is 28.8 Å². The molecule has 0 aliphatic carbocycles. The first-order valence-corrected chi connectivity index (χ1v) is 8.94. The topological polar surface area (TPSA) is 41.1 Å². The van der Waals surface area contributed by atoms with Crippen molar-refractivity contribution in [3.05, 3.63) is 21.9 Å². The van der Waals surface area contributed by atoms with Gasteiger partial charge in [0.2, 0.25) is 5.91 Å². The number of nitrogens with one attached hydrogen (secondary N) is 2. The summed E-state index contributed by atoms with van der Waals surface area (Å²) < 4.78 is 0. The van der Waals surface area contributed by atoms with E-state index in [9.17, 15) is 4.79 Å². The zero-order valence-electron chi connectivity index (χ0n) is 13.5. The van der Waals surface area contributed by atoms with Crippen LogP contribution < -0.4 is 10.6 Å². The lowest BCUT2D eigenvalue weighted by atomic mass is 9.76. The second kappa shape index (κ2) is 7.41. The monoisotopic (exact) mass is 308 g/mol. The number of piperidine rings is 1. The van der Waals surface area contributed by atoms with Crippen LogP contribution >= 0.6 is 11.3 Å². The summed E-state index contributed by atoms with van der Waals surface area (Å²) in [7, 11) is 0. The van der Waals surface area contributed by atoms with Crippen molar-refractivity contribution < 1.29 is 4.79 Å². The van der Waals surface area contributed by atoms with E-state index >= 15 is 0 Å². The van der Waals surface area contributed by atoms with Gasteiger partial charge in [0.05, 0.1) is 5.41 Å².